The zero-order valence-electron chi connectivity index (χ0n) is 6.86. The summed E-state index contributed by atoms with van der Waals surface area (Å²) in [5.74, 6) is 4.36. The van der Waals surface area contributed by atoms with Gasteiger partial charge >= 0.3 is 0 Å². The van der Waals surface area contributed by atoms with Crippen molar-refractivity contribution in [1.82, 2.24) is 5.43 Å². The van der Waals surface area contributed by atoms with E-state index in [9.17, 15) is 14.9 Å². The van der Waals surface area contributed by atoms with Crippen LogP contribution in [0, 0.1) is 13.7 Å². The van der Waals surface area contributed by atoms with E-state index in [1.807, 2.05) is 28.0 Å². The molecule has 0 aliphatic heterocycles. The second-order valence-corrected chi connectivity index (χ2v) is 3.67. The Morgan fingerprint density at radius 3 is 2.64 bits per heavy atom. The van der Waals surface area contributed by atoms with Gasteiger partial charge < -0.3 is 0 Å². The molecule has 0 aliphatic rings. The van der Waals surface area contributed by atoms with Crippen molar-refractivity contribution < 1.29 is 9.72 Å². The van der Waals surface area contributed by atoms with Crippen LogP contribution in [0.4, 0.5) is 5.69 Å². The molecule has 0 heterocycles. The van der Waals surface area contributed by atoms with Crippen LogP contribution in [-0.2, 0) is 0 Å². The van der Waals surface area contributed by atoms with Crippen LogP contribution in [0.3, 0.4) is 0 Å². The van der Waals surface area contributed by atoms with Gasteiger partial charge in [-0.25, -0.2) is 5.84 Å². The minimum atomic E-state index is -0.560. The highest BCUT2D eigenvalue weighted by atomic mass is 127. The molecule has 0 bridgehead atoms. The van der Waals surface area contributed by atoms with Gasteiger partial charge in [0.05, 0.1) is 4.92 Å². The van der Waals surface area contributed by atoms with Gasteiger partial charge in [0.15, 0.2) is 0 Å². The molecule has 0 atom stereocenters. The summed E-state index contributed by atoms with van der Waals surface area (Å²) in [7, 11) is 0. The number of rotatable bonds is 2. The summed E-state index contributed by atoms with van der Waals surface area (Å²) >= 11 is 1.89. The van der Waals surface area contributed by atoms with E-state index in [0.717, 1.165) is 0 Å². The SMILES string of the molecule is NNC(=O)c1cc(I)cc([N+](=O)[O-])c1. The zero-order chi connectivity index (χ0) is 10.7. The molecule has 6 nitrogen and oxygen atoms in total. The Morgan fingerprint density at radius 1 is 1.50 bits per heavy atom. The minimum absolute atomic E-state index is 0.129. The third-order valence-corrected chi connectivity index (χ3v) is 2.11. The van der Waals surface area contributed by atoms with Crippen LogP contribution in [0.1, 0.15) is 10.4 Å². The van der Waals surface area contributed by atoms with Crippen molar-refractivity contribution in [2.45, 2.75) is 0 Å². The van der Waals surface area contributed by atoms with Crippen molar-refractivity contribution in [3.8, 4) is 0 Å². The minimum Gasteiger partial charge on any atom is -0.290 e. The zero-order valence-corrected chi connectivity index (χ0v) is 9.02. The summed E-state index contributed by atoms with van der Waals surface area (Å²) < 4.78 is 0.607. The van der Waals surface area contributed by atoms with Crippen LogP contribution in [0.15, 0.2) is 18.2 Å². The first-order valence-corrected chi connectivity index (χ1v) is 4.58. The molecule has 1 rings (SSSR count). The molecule has 0 unspecified atom stereocenters. The molecule has 0 spiro atoms. The topological polar surface area (TPSA) is 98.3 Å². The predicted octanol–water partition coefficient (Wildman–Crippen LogP) is 0.803. The number of benzene rings is 1. The van der Waals surface area contributed by atoms with Crippen molar-refractivity contribution in [3.05, 3.63) is 37.4 Å². The third-order valence-electron chi connectivity index (χ3n) is 1.49. The quantitative estimate of drug-likeness (QED) is 0.278. The molecule has 0 radical (unpaired) electrons. The molecule has 74 valence electrons. The van der Waals surface area contributed by atoms with Crippen molar-refractivity contribution in [2.24, 2.45) is 5.84 Å². The highest BCUT2D eigenvalue weighted by Crippen LogP contribution is 2.18. The lowest BCUT2D eigenvalue weighted by Crippen LogP contribution is -2.30. The first-order valence-electron chi connectivity index (χ1n) is 3.50. The summed E-state index contributed by atoms with van der Waals surface area (Å²) in [5, 5.41) is 10.5. The summed E-state index contributed by atoms with van der Waals surface area (Å²) in [6, 6.07) is 4.05. The molecular formula is C7H6IN3O3. The van der Waals surface area contributed by atoms with Crippen molar-refractivity contribution in [1.29, 1.82) is 0 Å². The summed E-state index contributed by atoms with van der Waals surface area (Å²) in [6.45, 7) is 0. The van der Waals surface area contributed by atoms with E-state index in [-0.39, 0.29) is 11.3 Å². The Balaban J connectivity index is 3.20. The van der Waals surface area contributed by atoms with E-state index in [2.05, 4.69) is 0 Å². The number of nitrogen functional groups attached to an aromatic ring is 1. The maximum atomic E-state index is 11.1. The molecule has 3 N–H and O–H groups in total. The number of nitrogens with zero attached hydrogens (tertiary/aromatic N) is 1. The van der Waals surface area contributed by atoms with Gasteiger partial charge in [0.2, 0.25) is 0 Å². The smallest absolute Gasteiger partial charge is 0.271 e. The van der Waals surface area contributed by atoms with Gasteiger partial charge in [0.25, 0.3) is 11.6 Å². The summed E-state index contributed by atoms with van der Waals surface area (Å²) in [4.78, 5) is 21.0. The number of halogens is 1. The monoisotopic (exact) mass is 307 g/mol. The van der Waals surface area contributed by atoms with Gasteiger partial charge in [-0.3, -0.25) is 20.3 Å². The lowest BCUT2D eigenvalue weighted by Gasteiger charge is -2.00. The molecule has 0 saturated heterocycles. The molecule has 0 saturated carbocycles. The number of amides is 1. The Kier molecular flexibility index (Phi) is 3.36. The fraction of sp³-hybridized carbons (Fsp3) is 0. The van der Waals surface area contributed by atoms with Crippen LogP contribution in [0.25, 0.3) is 0 Å². The normalized spacial score (nSPS) is 9.57. The number of hydrogen-bond donors (Lipinski definition) is 2. The van der Waals surface area contributed by atoms with Gasteiger partial charge in [-0.2, -0.15) is 0 Å². The van der Waals surface area contributed by atoms with Crippen molar-refractivity contribution >= 4 is 34.2 Å². The number of hydrazine groups is 1. The number of nitro groups is 1. The number of carbonyl (C=O) groups is 1. The van der Waals surface area contributed by atoms with Crippen LogP contribution in [0.5, 0.6) is 0 Å². The highest BCUT2D eigenvalue weighted by Gasteiger charge is 2.12. The third kappa shape index (κ3) is 2.39. The Bertz CT molecular complexity index is 394. The highest BCUT2D eigenvalue weighted by molar-refractivity contribution is 14.1. The van der Waals surface area contributed by atoms with E-state index in [4.69, 9.17) is 5.84 Å². The average molecular weight is 307 g/mol. The first-order chi connectivity index (χ1) is 6.54. The molecule has 14 heavy (non-hydrogen) atoms. The number of hydrogen-bond acceptors (Lipinski definition) is 4. The number of carbonyl (C=O) groups excluding carboxylic acids is 1. The maximum absolute atomic E-state index is 11.1. The largest absolute Gasteiger partial charge is 0.290 e. The van der Waals surface area contributed by atoms with Gasteiger partial charge in [-0.15, -0.1) is 0 Å². The lowest BCUT2D eigenvalue weighted by molar-refractivity contribution is -0.385. The standard InChI is InChI=1S/C7H6IN3O3/c8-5-1-4(7(12)10-9)2-6(3-5)11(13)14/h1-3H,9H2,(H,10,12). The van der Waals surface area contributed by atoms with Crippen LogP contribution in [-0.4, -0.2) is 10.8 Å². The number of nitrogens with two attached hydrogens (primary N) is 1. The molecule has 1 aromatic carbocycles. The fourth-order valence-corrected chi connectivity index (χ4v) is 1.55. The van der Waals surface area contributed by atoms with E-state index in [0.29, 0.717) is 3.57 Å². The van der Waals surface area contributed by atoms with Crippen LogP contribution < -0.4 is 11.3 Å². The molecule has 1 amide bonds. The molecule has 0 aromatic heterocycles. The van der Waals surface area contributed by atoms with E-state index in [1.165, 1.54) is 18.2 Å². The van der Waals surface area contributed by atoms with Crippen LogP contribution >= 0.6 is 22.6 Å². The lowest BCUT2D eigenvalue weighted by atomic mass is 10.2. The molecular weight excluding hydrogens is 301 g/mol. The number of non-ortho nitro benzene ring substituents is 1. The van der Waals surface area contributed by atoms with Gasteiger partial charge in [0.1, 0.15) is 0 Å². The number of nitro benzene ring substituents is 1. The van der Waals surface area contributed by atoms with Gasteiger partial charge in [-0.1, -0.05) is 0 Å². The van der Waals surface area contributed by atoms with E-state index >= 15 is 0 Å². The summed E-state index contributed by atoms with van der Waals surface area (Å²) in [6.07, 6.45) is 0. The molecule has 7 heteroatoms. The second kappa shape index (κ2) is 4.33. The average Bonchev–Trinajstić information content (AvgIpc) is 2.15. The molecule has 0 fully saturated rings. The van der Waals surface area contributed by atoms with Crippen molar-refractivity contribution in [2.75, 3.05) is 0 Å². The van der Waals surface area contributed by atoms with Crippen molar-refractivity contribution in [3.63, 3.8) is 0 Å². The van der Waals surface area contributed by atoms with Gasteiger partial charge in [0, 0.05) is 21.3 Å². The van der Waals surface area contributed by atoms with E-state index in [1.54, 1.807) is 0 Å². The van der Waals surface area contributed by atoms with Crippen LogP contribution in [0.2, 0.25) is 0 Å². The first kappa shape index (κ1) is 10.9. The second-order valence-electron chi connectivity index (χ2n) is 2.43. The molecule has 0 aliphatic carbocycles. The Labute approximate surface area is 92.7 Å². The van der Waals surface area contributed by atoms with E-state index < -0.39 is 10.8 Å². The Morgan fingerprint density at radius 2 is 2.14 bits per heavy atom. The fourth-order valence-electron chi connectivity index (χ4n) is 0.894. The van der Waals surface area contributed by atoms with Gasteiger partial charge in [-0.05, 0) is 28.7 Å². The Hall–Kier alpha value is -1.22. The summed E-state index contributed by atoms with van der Waals surface area (Å²) in [5.41, 5.74) is 1.95. The maximum Gasteiger partial charge on any atom is 0.271 e. The molecule has 1 aromatic rings. The number of nitrogens with one attached hydrogen (secondary N) is 1. The predicted molar refractivity (Wildman–Crippen MR) is 57.5 cm³/mol.